The lowest BCUT2D eigenvalue weighted by Gasteiger charge is -2.27. The van der Waals surface area contributed by atoms with Crippen molar-refractivity contribution in [3.8, 4) is 0 Å². The predicted molar refractivity (Wildman–Crippen MR) is 87.2 cm³/mol. The van der Waals surface area contributed by atoms with E-state index < -0.39 is 6.09 Å². The first-order valence-corrected chi connectivity index (χ1v) is 8.14. The fraction of sp³-hybridized carbons (Fsp3) is 0.529. The van der Waals surface area contributed by atoms with Gasteiger partial charge in [0, 0.05) is 31.4 Å². The number of hydrogen-bond acceptors (Lipinski definition) is 4. The third kappa shape index (κ3) is 3.41. The molecular formula is C17H23N3O3. The highest BCUT2D eigenvalue weighted by Gasteiger charge is 2.39. The molecule has 0 aliphatic carbocycles. The van der Waals surface area contributed by atoms with Gasteiger partial charge < -0.3 is 15.0 Å². The first-order valence-electron chi connectivity index (χ1n) is 8.14. The molecule has 3 rings (SSSR count). The molecule has 0 aromatic heterocycles. The van der Waals surface area contributed by atoms with Gasteiger partial charge in [-0.25, -0.2) is 4.79 Å². The Labute approximate surface area is 136 Å². The molecule has 0 bridgehead atoms. The largest absolute Gasteiger partial charge is 0.453 e. The third-order valence-corrected chi connectivity index (χ3v) is 4.59. The first-order chi connectivity index (χ1) is 11.2. The van der Waals surface area contributed by atoms with E-state index in [9.17, 15) is 9.59 Å². The number of ether oxygens (including phenoxy) is 1. The average molecular weight is 317 g/mol. The van der Waals surface area contributed by atoms with Crippen LogP contribution in [0, 0.1) is 0 Å². The fourth-order valence-electron chi connectivity index (χ4n) is 3.42. The second-order valence-electron chi connectivity index (χ2n) is 6.10. The quantitative estimate of drug-likeness (QED) is 0.925. The van der Waals surface area contributed by atoms with Crippen molar-refractivity contribution in [1.29, 1.82) is 0 Å². The van der Waals surface area contributed by atoms with Gasteiger partial charge in [0.25, 0.3) is 0 Å². The Balaban J connectivity index is 1.58. The van der Waals surface area contributed by atoms with Crippen LogP contribution in [0.15, 0.2) is 30.3 Å². The number of carbonyl (C=O) groups excluding carboxylic acids is 2. The van der Waals surface area contributed by atoms with Crippen LogP contribution in [-0.4, -0.2) is 60.6 Å². The molecule has 2 saturated heterocycles. The minimum atomic E-state index is -0.404. The van der Waals surface area contributed by atoms with Crippen LogP contribution in [0.1, 0.15) is 19.3 Å². The summed E-state index contributed by atoms with van der Waals surface area (Å²) in [6.07, 6.45) is 2.09. The van der Waals surface area contributed by atoms with Crippen molar-refractivity contribution in [2.75, 3.05) is 32.1 Å². The number of hydrogen-bond donors (Lipinski definition) is 1. The number of carbonyl (C=O) groups is 2. The summed E-state index contributed by atoms with van der Waals surface area (Å²) in [7, 11) is 1.36. The van der Waals surface area contributed by atoms with Crippen LogP contribution in [0.2, 0.25) is 0 Å². The van der Waals surface area contributed by atoms with E-state index in [4.69, 9.17) is 4.74 Å². The molecule has 1 N–H and O–H groups in total. The minimum Gasteiger partial charge on any atom is -0.453 e. The zero-order chi connectivity index (χ0) is 16.2. The number of methoxy groups -OCH3 is 1. The Morgan fingerprint density at radius 1 is 1.17 bits per heavy atom. The fourth-order valence-corrected chi connectivity index (χ4v) is 3.42. The molecule has 1 aromatic rings. The summed E-state index contributed by atoms with van der Waals surface area (Å²) >= 11 is 0. The summed E-state index contributed by atoms with van der Waals surface area (Å²) in [6.45, 7) is 2.01. The molecule has 2 atom stereocenters. The van der Waals surface area contributed by atoms with Crippen LogP contribution in [0.3, 0.4) is 0 Å². The highest BCUT2D eigenvalue weighted by atomic mass is 16.5. The van der Waals surface area contributed by atoms with Gasteiger partial charge in [-0.15, -0.1) is 0 Å². The van der Waals surface area contributed by atoms with E-state index in [2.05, 4.69) is 5.32 Å². The van der Waals surface area contributed by atoms with Crippen molar-refractivity contribution in [3.05, 3.63) is 30.3 Å². The van der Waals surface area contributed by atoms with Gasteiger partial charge in [0.15, 0.2) is 0 Å². The number of benzene rings is 1. The molecule has 0 spiro atoms. The van der Waals surface area contributed by atoms with Gasteiger partial charge in [-0.1, -0.05) is 18.2 Å². The van der Waals surface area contributed by atoms with Crippen molar-refractivity contribution in [2.45, 2.75) is 31.3 Å². The van der Waals surface area contributed by atoms with Crippen LogP contribution < -0.4 is 5.32 Å². The maximum absolute atomic E-state index is 12.7. The maximum Gasteiger partial charge on any atom is 0.410 e. The SMILES string of the molecule is COC(=O)N1CCCC1C(=O)N1CCC(Nc2ccccc2)C1. The molecule has 2 aliphatic heterocycles. The second kappa shape index (κ2) is 6.89. The predicted octanol–water partition coefficient (Wildman–Crippen LogP) is 1.93. The smallest absolute Gasteiger partial charge is 0.410 e. The van der Waals surface area contributed by atoms with Crippen molar-refractivity contribution < 1.29 is 14.3 Å². The Morgan fingerprint density at radius 2 is 1.96 bits per heavy atom. The average Bonchev–Trinajstić information content (AvgIpc) is 3.24. The van der Waals surface area contributed by atoms with E-state index in [-0.39, 0.29) is 18.0 Å². The Kier molecular flexibility index (Phi) is 4.69. The van der Waals surface area contributed by atoms with E-state index in [0.717, 1.165) is 31.5 Å². The van der Waals surface area contributed by atoms with E-state index in [0.29, 0.717) is 13.1 Å². The monoisotopic (exact) mass is 317 g/mol. The number of anilines is 1. The number of nitrogens with zero attached hydrogens (tertiary/aromatic N) is 2. The van der Waals surface area contributed by atoms with Crippen molar-refractivity contribution in [2.24, 2.45) is 0 Å². The highest BCUT2D eigenvalue weighted by Crippen LogP contribution is 2.23. The summed E-state index contributed by atoms with van der Waals surface area (Å²) in [5, 5.41) is 3.46. The zero-order valence-electron chi connectivity index (χ0n) is 13.4. The molecule has 0 saturated carbocycles. The molecule has 6 nitrogen and oxygen atoms in total. The first kappa shape index (κ1) is 15.6. The van der Waals surface area contributed by atoms with Crippen LogP contribution in [0.5, 0.6) is 0 Å². The number of amides is 2. The summed E-state index contributed by atoms with van der Waals surface area (Å²) in [5.41, 5.74) is 1.07. The molecule has 23 heavy (non-hydrogen) atoms. The molecule has 2 heterocycles. The second-order valence-corrected chi connectivity index (χ2v) is 6.10. The number of para-hydroxylation sites is 1. The van der Waals surface area contributed by atoms with Crippen molar-refractivity contribution in [3.63, 3.8) is 0 Å². The van der Waals surface area contributed by atoms with Crippen LogP contribution in [-0.2, 0) is 9.53 Å². The summed E-state index contributed by atoms with van der Waals surface area (Å²) < 4.78 is 4.78. The van der Waals surface area contributed by atoms with E-state index >= 15 is 0 Å². The van der Waals surface area contributed by atoms with Crippen LogP contribution in [0.4, 0.5) is 10.5 Å². The van der Waals surface area contributed by atoms with Gasteiger partial charge >= 0.3 is 6.09 Å². The molecule has 0 radical (unpaired) electrons. The molecule has 2 aliphatic rings. The molecular weight excluding hydrogens is 294 g/mol. The number of rotatable bonds is 3. The third-order valence-electron chi connectivity index (χ3n) is 4.59. The summed E-state index contributed by atoms with van der Waals surface area (Å²) in [5.74, 6) is 0.0465. The molecule has 2 amide bonds. The molecule has 2 fully saturated rings. The number of nitrogens with one attached hydrogen (secondary N) is 1. The van der Waals surface area contributed by atoms with Crippen molar-refractivity contribution >= 4 is 17.7 Å². The van der Waals surface area contributed by atoms with Crippen molar-refractivity contribution in [1.82, 2.24) is 9.80 Å². The van der Waals surface area contributed by atoms with Gasteiger partial charge in [-0.2, -0.15) is 0 Å². The van der Waals surface area contributed by atoms with E-state index in [1.807, 2.05) is 35.2 Å². The van der Waals surface area contributed by atoms with E-state index in [1.165, 1.54) is 7.11 Å². The lowest BCUT2D eigenvalue weighted by molar-refractivity contribution is -0.134. The van der Waals surface area contributed by atoms with Gasteiger partial charge in [-0.3, -0.25) is 9.69 Å². The van der Waals surface area contributed by atoms with Crippen LogP contribution >= 0.6 is 0 Å². The lowest BCUT2D eigenvalue weighted by atomic mass is 10.2. The zero-order valence-corrected chi connectivity index (χ0v) is 13.4. The molecule has 124 valence electrons. The van der Waals surface area contributed by atoms with Gasteiger partial charge in [0.2, 0.25) is 5.91 Å². The minimum absolute atomic E-state index is 0.0465. The maximum atomic E-state index is 12.7. The standard InChI is InChI=1S/C17H23N3O3/c1-23-17(22)20-10-5-8-15(20)16(21)19-11-9-14(12-19)18-13-6-3-2-4-7-13/h2-4,6-7,14-15,18H,5,8-12H2,1H3. The van der Waals surface area contributed by atoms with Gasteiger partial charge in [0.1, 0.15) is 6.04 Å². The normalized spacial score (nSPS) is 23.9. The van der Waals surface area contributed by atoms with E-state index in [1.54, 1.807) is 4.90 Å². The highest BCUT2D eigenvalue weighted by molar-refractivity contribution is 5.86. The Morgan fingerprint density at radius 3 is 2.70 bits per heavy atom. The molecule has 1 aromatic carbocycles. The van der Waals surface area contributed by atoms with Gasteiger partial charge in [0.05, 0.1) is 7.11 Å². The topological polar surface area (TPSA) is 61.9 Å². The summed E-state index contributed by atoms with van der Waals surface area (Å²) in [4.78, 5) is 27.9. The lowest BCUT2D eigenvalue weighted by Crippen LogP contribution is -2.47. The molecule has 2 unspecified atom stereocenters. The van der Waals surface area contributed by atoms with Crippen LogP contribution in [0.25, 0.3) is 0 Å². The Hall–Kier alpha value is -2.24. The Bertz CT molecular complexity index is 563. The van der Waals surface area contributed by atoms with Gasteiger partial charge in [-0.05, 0) is 31.4 Å². The summed E-state index contributed by atoms with van der Waals surface area (Å²) in [6, 6.07) is 9.92. The molecule has 6 heteroatoms. The number of likely N-dealkylation sites (tertiary alicyclic amines) is 2.